The molecule has 102 valence electrons. The molecule has 1 aliphatic carbocycles. The summed E-state index contributed by atoms with van der Waals surface area (Å²) < 4.78 is 19.1. The fourth-order valence-corrected chi connectivity index (χ4v) is 2.87. The second-order valence-corrected chi connectivity index (χ2v) is 5.71. The van der Waals surface area contributed by atoms with E-state index in [2.05, 4.69) is 5.32 Å². The zero-order valence-electron chi connectivity index (χ0n) is 10.6. The predicted molar refractivity (Wildman–Crippen MR) is 76.8 cm³/mol. The summed E-state index contributed by atoms with van der Waals surface area (Å²) >= 11 is 4.98. The van der Waals surface area contributed by atoms with Gasteiger partial charge in [0, 0.05) is 17.9 Å². The maximum atomic E-state index is 13.3. The third-order valence-electron chi connectivity index (χ3n) is 3.81. The molecule has 0 bridgehead atoms. The summed E-state index contributed by atoms with van der Waals surface area (Å²) in [6.07, 6.45) is 3.72. The van der Waals surface area contributed by atoms with Gasteiger partial charge in [-0.3, -0.25) is 0 Å². The summed E-state index contributed by atoms with van der Waals surface area (Å²) in [5, 5.41) is 3.43. The van der Waals surface area contributed by atoms with Crippen molar-refractivity contribution in [1.82, 2.24) is 0 Å². The van der Waals surface area contributed by atoms with E-state index in [0.717, 1.165) is 18.7 Å². The molecule has 2 fully saturated rings. The molecule has 2 unspecified atom stereocenters. The number of ether oxygens (including phenoxy) is 1. The first-order valence-electron chi connectivity index (χ1n) is 6.62. The van der Waals surface area contributed by atoms with Gasteiger partial charge < -0.3 is 15.8 Å². The van der Waals surface area contributed by atoms with Gasteiger partial charge >= 0.3 is 0 Å². The lowest BCUT2D eigenvalue weighted by molar-refractivity contribution is 0.0898. The first-order chi connectivity index (χ1) is 9.15. The lowest BCUT2D eigenvalue weighted by Crippen LogP contribution is -2.31. The zero-order chi connectivity index (χ0) is 13.4. The molecule has 1 saturated heterocycles. The fourth-order valence-electron chi connectivity index (χ4n) is 2.70. The molecular formula is C14H17FN2OS. The van der Waals surface area contributed by atoms with Crippen molar-refractivity contribution < 1.29 is 9.13 Å². The van der Waals surface area contributed by atoms with Crippen molar-refractivity contribution in [2.45, 2.75) is 31.4 Å². The molecule has 0 radical (unpaired) electrons. The van der Waals surface area contributed by atoms with Crippen LogP contribution >= 0.6 is 12.2 Å². The third kappa shape index (κ3) is 2.72. The minimum atomic E-state index is -0.324. The predicted octanol–water partition coefficient (Wildman–Crippen LogP) is 2.44. The van der Waals surface area contributed by atoms with Gasteiger partial charge in [-0.15, -0.1) is 0 Å². The first-order valence-corrected chi connectivity index (χ1v) is 7.03. The largest absolute Gasteiger partial charge is 0.389 e. The Hall–Kier alpha value is -1.20. The Balaban J connectivity index is 1.80. The monoisotopic (exact) mass is 280 g/mol. The highest BCUT2D eigenvalue weighted by Gasteiger charge is 2.40. The Kier molecular flexibility index (Phi) is 3.41. The number of nitrogens with two attached hydrogens (primary N) is 1. The van der Waals surface area contributed by atoms with Gasteiger partial charge in [-0.25, -0.2) is 4.39 Å². The number of nitrogens with one attached hydrogen (secondary N) is 1. The number of rotatable bonds is 4. The fraction of sp³-hybridized carbons (Fsp3) is 0.500. The second-order valence-electron chi connectivity index (χ2n) is 5.27. The molecule has 1 aliphatic heterocycles. The van der Waals surface area contributed by atoms with Crippen LogP contribution in [-0.2, 0) is 4.74 Å². The molecule has 1 saturated carbocycles. The van der Waals surface area contributed by atoms with Crippen LogP contribution in [0, 0.1) is 11.7 Å². The topological polar surface area (TPSA) is 47.3 Å². The Morgan fingerprint density at radius 2 is 2.16 bits per heavy atom. The number of hydrogen-bond acceptors (Lipinski definition) is 3. The molecule has 3 N–H and O–H groups in total. The van der Waals surface area contributed by atoms with Crippen LogP contribution in [0.5, 0.6) is 0 Å². The van der Waals surface area contributed by atoms with E-state index in [-0.39, 0.29) is 23.0 Å². The summed E-state index contributed by atoms with van der Waals surface area (Å²) in [6.45, 7) is 0.780. The Labute approximate surface area is 117 Å². The van der Waals surface area contributed by atoms with Gasteiger partial charge in [0.2, 0.25) is 0 Å². The molecule has 2 aliphatic rings. The maximum absolute atomic E-state index is 13.3. The van der Waals surface area contributed by atoms with Crippen molar-refractivity contribution in [3.05, 3.63) is 29.6 Å². The van der Waals surface area contributed by atoms with E-state index in [1.165, 1.54) is 25.0 Å². The van der Waals surface area contributed by atoms with E-state index in [0.29, 0.717) is 11.5 Å². The average Bonchev–Trinajstić information content (AvgIpc) is 3.12. The van der Waals surface area contributed by atoms with Crippen LogP contribution in [-0.4, -0.2) is 23.7 Å². The summed E-state index contributed by atoms with van der Waals surface area (Å²) in [7, 11) is 0. The molecule has 5 heteroatoms. The molecule has 19 heavy (non-hydrogen) atoms. The molecular weight excluding hydrogens is 263 g/mol. The minimum absolute atomic E-state index is 0.212. The van der Waals surface area contributed by atoms with Crippen molar-refractivity contribution in [1.29, 1.82) is 0 Å². The van der Waals surface area contributed by atoms with E-state index >= 15 is 0 Å². The van der Waals surface area contributed by atoms with Crippen LogP contribution in [0.1, 0.15) is 24.8 Å². The van der Waals surface area contributed by atoms with Crippen LogP contribution in [0.4, 0.5) is 10.1 Å². The number of halogens is 1. The second kappa shape index (κ2) is 5.06. The van der Waals surface area contributed by atoms with Crippen LogP contribution in [0.15, 0.2) is 18.2 Å². The van der Waals surface area contributed by atoms with Gasteiger partial charge in [-0.05, 0) is 43.4 Å². The number of benzene rings is 1. The molecule has 0 spiro atoms. The number of thiocarbonyl (C=S) groups is 1. The van der Waals surface area contributed by atoms with E-state index in [1.807, 2.05) is 0 Å². The summed E-state index contributed by atoms with van der Waals surface area (Å²) in [5.74, 6) is 0.350. The zero-order valence-corrected chi connectivity index (χ0v) is 11.4. The highest BCUT2D eigenvalue weighted by molar-refractivity contribution is 7.80. The van der Waals surface area contributed by atoms with Gasteiger partial charge in [0.1, 0.15) is 10.8 Å². The summed E-state index contributed by atoms with van der Waals surface area (Å²) in [5.41, 5.74) is 7.03. The summed E-state index contributed by atoms with van der Waals surface area (Å²) in [4.78, 5) is 0.212. The van der Waals surface area contributed by atoms with E-state index < -0.39 is 0 Å². The van der Waals surface area contributed by atoms with Gasteiger partial charge in [0.05, 0.1) is 12.1 Å². The third-order valence-corrected chi connectivity index (χ3v) is 4.03. The van der Waals surface area contributed by atoms with Crippen LogP contribution in [0.3, 0.4) is 0 Å². The molecule has 2 atom stereocenters. The van der Waals surface area contributed by atoms with Crippen LogP contribution < -0.4 is 11.1 Å². The molecule has 0 amide bonds. The first kappa shape index (κ1) is 12.8. The van der Waals surface area contributed by atoms with Crippen LogP contribution in [0.25, 0.3) is 0 Å². The van der Waals surface area contributed by atoms with Crippen molar-refractivity contribution in [3.8, 4) is 0 Å². The Morgan fingerprint density at radius 3 is 2.84 bits per heavy atom. The van der Waals surface area contributed by atoms with Gasteiger partial charge in [0.25, 0.3) is 0 Å². The Morgan fingerprint density at radius 1 is 1.37 bits per heavy atom. The van der Waals surface area contributed by atoms with Crippen molar-refractivity contribution >= 4 is 22.9 Å². The smallest absolute Gasteiger partial charge is 0.124 e. The Bertz CT molecular complexity index is 504. The SMILES string of the molecule is NC(=S)c1cc(F)ccc1NC1CCOC1C1CC1. The van der Waals surface area contributed by atoms with Gasteiger partial charge in [-0.1, -0.05) is 12.2 Å². The average molecular weight is 280 g/mol. The minimum Gasteiger partial charge on any atom is -0.389 e. The van der Waals surface area contributed by atoms with E-state index in [9.17, 15) is 4.39 Å². The summed E-state index contributed by atoms with van der Waals surface area (Å²) in [6, 6.07) is 4.77. The van der Waals surface area contributed by atoms with E-state index in [1.54, 1.807) is 6.07 Å². The van der Waals surface area contributed by atoms with Crippen molar-refractivity contribution in [2.24, 2.45) is 11.7 Å². The molecule has 3 nitrogen and oxygen atoms in total. The highest BCUT2D eigenvalue weighted by Crippen LogP contribution is 2.39. The molecule has 1 aromatic rings. The number of anilines is 1. The normalized spacial score (nSPS) is 26.4. The van der Waals surface area contributed by atoms with Crippen molar-refractivity contribution in [2.75, 3.05) is 11.9 Å². The molecule has 0 aromatic heterocycles. The lowest BCUT2D eigenvalue weighted by Gasteiger charge is -2.22. The van der Waals surface area contributed by atoms with Crippen LogP contribution in [0.2, 0.25) is 0 Å². The van der Waals surface area contributed by atoms with Gasteiger partial charge in [0.15, 0.2) is 0 Å². The lowest BCUT2D eigenvalue weighted by atomic mass is 10.0. The standard InChI is InChI=1S/C14H17FN2OS/c15-9-3-4-11(10(7-9)14(16)19)17-12-5-6-18-13(12)8-1-2-8/h3-4,7-8,12-13,17H,1-2,5-6H2,(H2,16,19). The molecule has 1 aromatic carbocycles. The number of hydrogen-bond donors (Lipinski definition) is 2. The molecule has 3 rings (SSSR count). The highest BCUT2D eigenvalue weighted by atomic mass is 32.1. The van der Waals surface area contributed by atoms with E-state index in [4.69, 9.17) is 22.7 Å². The molecule has 1 heterocycles. The van der Waals surface area contributed by atoms with Crippen molar-refractivity contribution in [3.63, 3.8) is 0 Å². The quantitative estimate of drug-likeness (QED) is 0.832. The van der Waals surface area contributed by atoms with Gasteiger partial charge in [-0.2, -0.15) is 0 Å². The maximum Gasteiger partial charge on any atom is 0.124 e.